The summed E-state index contributed by atoms with van der Waals surface area (Å²) in [5, 5.41) is 3.59. The molecule has 5 aromatic carbocycles. The third kappa shape index (κ3) is 4.42. The van der Waals surface area contributed by atoms with Crippen molar-refractivity contribution in [1.82, 2.24) is 15.0 Å². The number of benzene rings is 5. The summed E-state index contributed by atoms with van der Waals surface area (Å²) >= 11 is 0. The second kappa shape index (κ2) is 10.4. The molecule has 2 aliphatic carbocycles. The van der Waals surface area contributed by atoms with Gasteiger partial charge in [0.15, 0.2) is 17.5 Å². The minimum Gasteiger partial charge on any atom is -0.456 e. The quantitative estimate of drug-likeness (QED) is 0.209. The first-order valence-electron chi connectivity index (χ1n) is 15.3. The van der Waals surface area contributed by atoms with E-state index in [1.807, 2.05) is 72.8 Å². The molecule has 2 heterocycles. The Bertz CT molecular complexity index is 2280. The topological polar surface area (TPSA) is 51.8 Å². The van der Waals surface area contributed by atoms with Gasteiger partial charge in [0.05, 0.1) is 0 Å². The van der Waals surface area contributed by atoms with Crippen molar-refractivity contribution < 1.29 is 4.42 Å². The predicted molar refractivity (Wildman–Crippen MR) is 182 cm³/mol. The average molecular weight is 578 g/mol. The summed E-state index contributed by atoms with van der Waals surface area (Å²) in [5.74, 6) is 3.12. The van der Waals surface area contributed by atoms with Crippen LogP contribution in [0.2, 0.25) is 0 Å². The van der Waals surface area contributed by atoms with Crippen LogP contribution in [0.4, 0.5) is 0 Å². The van der Waals surface area contributed by atoms with Crippen LogP contribution in [0.1, 0.15) is 16.9 Å². The molecule has 0 fully saturated rings. The van der Waals surface area contributed by atoms with Crippen molar-refractivity contribution in [3.63, 3.8) is 0 Å². The second-order valence-corrected chi connectivity index (χ2v) is 11.6. The summed E-state index contributed by atoms with van der Waals surface area (Å²) in [6.45, 7) is 0. The maximum absolute atomic E-state index is 6.54. The molecule has 212 valence electrons. The summed E-state index contributed by atoms with van der Waals surface area (Å²) in [6, 6.07) is 41.5. The fourth-order valence-corrected chi connectivity index (χ4v) is 6.68. The van der Waals surface area contributed by atoms with E-state index in [9.17, 15) is 0 Å². The van der Waals surface area contributed by atoms with Crippen LogP contribution in [0.5, 0.6) is 0 Å². The SMILES string of the molecule is C1=CC2Cc3c(oc4cccc(-c5nc(-c6ccccc6)nc(-c6ccccc6)n5)c34)C=C2C=C1c1cccc2ccccc12. The molecule has 45 heavy (non-hydrogen) atoms. The van der Waals surface area contributed by atoms with E-state index in [1.165, 1.54) is 33.0 Å². The van der Waals surface area contributed by atoms with E-state index >= 15 is 0 Å². The van der Waals surface area contributed by atoms with Crippen molar-refractivity contribution in [3.05, 3.63) is 162 Å². The highest BCUT2D eigenvalue weighted by Gasteiger charge is 2.28. The average Bonchev–Trinajstić information content (AvgIpc) is 3.48. The van der Waals surface area contributed by atoms with Crippen LogP contribution in [0.25, 0.3) is 67.6 Å². The summed E-state index contributed by atoms with van der Waals surface area (Å²) in [4.78, 5) is 14.9. The molecule has 1 unspecified atom stereocenters. The standard InChI is InChI=1S/C41H27N3O/c1-3-12-27(13-4-1)39-42-40(28-14-5-2-6-15-28)44-41(43-39)34-19-10-20-36-38(34)35-24-29-21-22-30(23-31(29)25-37(35)45-36)33-18-9-16-26-11-7-8-17-32(26)33/h1-23,25,29H,24H2. The Hall–Kier alpha value is -5.87. The Balaban J connectivity index is 1.18. The van der Waals surface area contributed by atoms with Crippen LogP contribution >= 0.6 is 0 Å². The van der Waals surface area contributed by atoms with E-state index in [2.05, 4.69) is 72.8 Å². The van der Waals surface area contributed by atoms with E-state index in [0.29, 0.717) is 17.5 Å². The van der Waals surface area contributed by atoms with Crippen molar-refractivity contribution in [2.75, 3.05) is 0 Å². The number of nitrogens with zero attached hydrogens (tertiary/aromatic N) is 3. The van der Waals surface area contributed by atoms with Gasteiger partial charge in [-0.25, -0.2) is 15.0 Å². The van der Waals surface area contributed by atoms with Gasteiger partial charge in [0.25, 0.3) is 0 Å². The molecule has 0 N–H and O–H groups in total. The Labute approximate surface area is 260 Å². The Kier molecular flexibility index (Phi) is 5.91. The van der Waals surface area contributed by atoms with E-state index in [1.54, 1.807) is 0 Å². The molecular formula is C41H27N3O. The van der Waals surface area contributed by atoms with Crippen LogP contribution in [-0.4, -0.2) is 15.0 Å². The minimum atomic E-state index is 0.267. The molecule has 0 aliphatic heterocycles. The highest BCUT2D eigenvalue weighted by Crippen LogP contribution is 2.43. The van der Waals surface area contributed by atoms with Crippen LogP contribution in [0, 0.1) is 5.92 Å². The van der Waals surface area contributed by atoms with Gasteiger partial charge < -0.3 is 4.42 Å². The first kappa shape index (κ1) is 25.6. The summed E-state index contributed by atoms with van der Waals surface area (Å²) in [6.07, 6.45) is 10.0. The van der Waals surface area contributed by atoms with Gasteiger partial charge in [-0.3, -0.25) is 0 Å². The van der Waals surface area contributed by atoms with Crippen molar-refractivity contribution in [3.8, 4) is 34.2 Å². The first-order chi connectivity index (χ1) is 22.3. The number of furan rings is 1. The van der Waals surface area contributed by atoms with Crippen molar-refractivity contribution in [2.24, 2.45) is 5.92 Å². The number of rotatable bonds is 4. The van der Waals surface area contributed by atoms with Gasteiger partial charge in [0, 0.05) is 33.6 Å². The lowest BCUT2D eigenvalue weighted by atomic mass is 9.80. The molecule has 4 nitrogen and oxygen atoms in total. The van der Waals surface area contributed by atoms with Crippen molar-refractivity contribution in [1.29, 1.82) is 0 Å². The van der Waals surface area contributed by atoms with Gasteiger partial charge in [-0.1, -0.05) is 133 Å². The normalized spacial score (nSPS) is 15.4. The maximum Gasteiger partial charge on any atom is 0.164 e. The zero-order chi connectivity index (χ0) is 29.7. The van der Waals surface area contributed by atoms with Gasteiger partial charge >= 0.3 is 0 Å². The molecule has 2 aromatic heterocycles. The summed E-state index contributed by atoms with van der Waals surface area (Å²) in [5.41, 5.74) is 8.65. The lowest BCUT2D eigenvalue weighted by Gasteiger charge is -2.24. The van der Waals surface area contributed by atoms with Crippen molar-refractivity contribution in [2.45, 2.75) is 6.42 Å². The Morgan fingerprint density at radius 2 is 1.22 bits per heavy atom. The fraction of sp³-hybridized carbons (Fsp3) is 0.0488. The van der Waals surface area contributed by atoms with Gasteiger partial charge in [0.2, 0.25) is 0 Å². The third-order valence-corrected chi connectivity index (χ3v) is 8.87. The maximum atomic E-state index is 6.54. The molecule has 0 radical (unpaired) electrons. The zero-order valence-electron chi connectivity index (χ0n) is 24.4. The van der Waals surface area contributed by atoms with Gasteiger partial charge in [-0.05, 0) is 46.0 Å². The van der Waals surface area contributed by atoms with Gasteiger partial charge in [-0.2, -0.15) is 0 Å². The number of hydrogen-bond acceptors (Lipinski definition) is 4. The van der Waals surface area contributed by atoms with Crippen molar-refractivity contribution >= 4 is 33.4 Å². The highest BCUT2D eigenvalue weighted by atomic mass is 16.3. The van der Waals surface area contributed by atoms with Crippen LogP contribution in [0.15, 0.2) is 150 Å². The minimum absolute atomic E-state index is 0.267. The molecule has 1 atom stereocenters. The third-order valence-electron chi connectivity index (χ3n) is 8.87. The molecule has 0 bridgehead atoms. The molecule has 4 heteroatoms. The van der Waals surface area contributed by atoms with Crippen LogP contribution < -0.4 is 0 Å². The van der Waals surface area contributed by atoms with E-state index in [0.717, 1.165) is 39.8 Å². The first-order valence-corrected chi connectivity index (χ1v) is 15.3. The summed E-state index contributed by atoms with van der Waals surface area (Å²) in [7, 11) is 0. The summed E-state index contributed by atoms with van der Waals surface area (Å²) < 4.78 is 6.54. The molecule has 0 spiro atoms. The predicted octanol–water partition coefficient (Wildman–Crippen LogP) is 9.98. The molecule has 9 rings (SSSR count). The molecule has 2 aliphatic rings. The van der Waals surface area contributed by atoms with E-state index in [-0.39, 0.29) is 5.92 Å². The smallest absolute Gasteiger partial charge is 0.164 e. The number of hydrogen-bond donors (Lipinski definition) is 0. The molecule has 0 saturated heterocycles. The fourth-order valence-electron chi connectivity index (χ4n) is 6.68. The van der Waals surface area contributed by atoms with Gasteiger partial charge in [0.1, 0.15) is 11.3 Å². The molecule has 0 amide bonds. The van der Waals surface area contributed by atoms with E-state index < -0.39 is 0 Å². The molecular weight excluding hydrogens is 550 g/mol. The highest BCUT2D eigenvalue weighted by molar-refractivity contribution is 6.00. The largest absolute Gasteiger partial charge is 0.456 e. The van der Waals surface area contributed by atoms with Crippen LogP contribution in [-0.2, 0) is 6.42 Å². The van der Waals surface area contributed by atoms with E-state index in [4.69, 9.17) is 19.4 Å². The number of allylic oxidation sites excluding steroid dienone is 5. The Morgan fingerprint density at radius 1 is 0.578 bits per heavy atom. The molecule has 7 aromatic rings. The lowest BCUT2D eigenvalue weighted by Crippen LogP contribution is -2.12. The Morgan fingerprint density at radius 3 is 2.00 bits per heavy atom. The lowest BCUT2D eigenvalue weighted by molar-refractivity contribution is 0.586. The molecule has 0 saturated carbocycles. The number of aromatic nitrogens is 3. The number of fused-ring (bicyclic) bond motifs is 5. The zero-order valence-corrected chi connectivity index (χ0v) is 24.4. The second-order valence-electron chi connectivity index (χ2n) is 11.6. The monoisotopic (exact) mass is 577 g/mol. The van der Waals surface area contributed by atoms with Gasteiger partial charge in [-0.15, -0.1) is 0 Å². The van der Waals surface area contributed by atoms with Crippen LogP contribution in [0.3, 0.4) is 0 Å².